The number of hydrogen-bond acceptors (Lipinski definition) is 3. The average molecular weight is 418 g/mol. The maximum Gasteiger partial charge on any atom is 0.0654 e. The lowest BCUT2D eigenvalue weighted by atomic mass is 9.90. The van der Waals surface area contributed by atoms with Crippen LogP contribution in [0.1, 0.15) is 60.7 Å². The minimum atomic E-state index is 0.441. The molecule has 0 amide bonds. The third kappa shape index (κ3) is 5.01. The highest BCUT2D eigenvalue weighted by Crippen LogP contribution is 2.28. The van der Waals surface area contributed by atoms with Crippen LogP contribution in [0.4, 0.5) is 5.69 Å². The Morgan fingerprint density at radius 2 is 1.65 bits per heavy atom. The fraction of sp³-hybridized carbons (Fsp3) is 0.444. The fourth-order valence-corrected chi connectivity index (χ4v) is 4.48. The summed E-state index contributed by atoms with van der Waals surface area (Å²) in [4.78, 5) is 2.43. The van der Waals surface area contributed by atoms with E-state index < -0.39 is 0 Å². The molecule has 4 heteroatoms. The van der Waals surface area contributed by atoms with Gasteiger partial charge in [-0.1, -0.05) is 39.0 Å². The van der Waals surface area contributed by atoms with E-state index in [0.29, 0.717) is 11.8 Å². The third-order valence-electron chi connectivity index (χ3n) is 6.28. The van der Waals surface area contributed by atoms with Crippen molar-refractivity contribution in [1.82, 2.24) is 9.78 Å². The van der Waals surface area contributed by atoms with Crippen LogP contribution >= 0.6 is 0 Å². The topological polar surface area (TPSA) is 30.3 Å². The Morgan fingerprint density at radius 1 is 0.903 bits per heavy atom. The van der Waals surface area contributed by atoms with Crippen LogP contribution in [0.15, 0.2) is 48.5 Å². The zero-order valence-electron chi connectivity index (χ0n) is 19.6. The normalized spacial score (nSPS) is 15.5. The maximum atomic E-state index is 5.52. The molecular weight excluding hydrogens is 382 g/mol. The van der Waals surface area contributed by atoms with E-state index in [-0.39, 0.29) is 0 Å². The lowest BCUT2D eigenvalue weighted by molar-refractivity contribution is 0.122. The average Bonchev–Trinajstić information content (AvgIpc) is 3.12. The Labute approximate surface area is 186 Å². The standard InChI is InChI=1S/C27H35N3O/c1-19(2)25-15-23(16-27(18-25)30-22(5)14-21(4)28-30)13-20(3)24-7-6-8-26(17-24)29-9-11-31-12-10-29/h6-8,14-20H,9-13H2,1-5H3/t20-/m0/s1. The monoisotopic (exact) mass is 417 g/mol. The fourth-order valence-electron chi connectivity index (χ4n) is 4.48. The van der Waals surface area contributed by atoms with Crippen molar-refractivity contribution in [2.75, 3.05) is 31.2 Å². The first kappa shape index (κ1) is 21.6. The van der Waals surface area contributed by atoms with Crippen molar-refractivity contribution in [2.24, 2.45) is 0 Å². The van der Waals surface area contributed by atoms with Gasteiger partial charge in [0.15, 0.2) is 0 Å². The summed E-state index contributed by atoms with van der Waals surface area (Å²) >= 11 is 0. The molecule has 1 aliphatic heterocycles. The zero-order chi connectivity index (χ0) is 22.0. The van der Waals surface area contributed by atoms with E-state index in [9.17, 15) is 0 Å². The molecule has 31 heavy (non-hydrogen) atoms. The van der Waals surface area contributed by atoms with E-state index in [4.69, 9.17) is 9.84 Å². The molecule has 1 atom stereocenters. The number of aryl methyl sites for hydroxylation is 2. The van der Waals surface area contributed by atoms with Crippen LogP contribution in [0.3, 0.4) is 0 Å². The van der Waals surface area contributed by atoms with Crippen LogP contribution in [0.2, 0.25) is 0 Å². The highest BCUT2D eigenvalue weighted by molar-refractivity contribution is 5.50. The van der Waals surface area contributed by atoms with Gasteiger partial charge in [0.05, 0.1) is 24.6 Å². The molecule has 0 saturated carbocycles. The second kappa shape index (κ2) is 9.27. The molecule has 0 aliphatic carbocycles. The predicted molar refractivity (Wildman–Crippen MR) is 129 cm³/mol. The van der Waals surface area contributed by atoms with Crippen molar-refractivity contribution in [3.05, 3.63) is 76.6 Å². The first-order valence-electron chi connectivity index (χ1n) is 11.5. The summed E-state index contributed by atoms with van der Waals surface area (Å²) < 4.78 is 7.59. The Kier molecular flexibility index (Phi) is 6.47. The number of rotatable bonds is 6. The zero-order valence-corrected chi connectivity index (χ0v) is 19.6. The molecule has 4 rings (SSSR count). The second-order valence-corrected chi connectivity index (χ2v) is 9.23. The molecule has 3 aromatic rings. The van der Waals surface area contributed by atoms with E-state index in [1.807, 2.05) is 0 Å². The maximum absolute atomic E-state index is 5.52. The molecule has 1 saturated heterocycles. The van der Waals surface area contributed by atoms with Gasteiger partial charge in [0.1, 0.15) is 0 Å². The van der Waals surface area contributed by atoms with Gasteiger partial charge in [-0.15, -0.1) is 0 Å². The summed E-state index contributed by atoms with van der Waals surface area (Å²) in [5.41, 5.74) is 8.85. The number of aromatic nitrogens is 2. The van der Waals surface area contributed by atoms with Gasteiger partial charge in [0.25, 0.3) is 0 Å². The Hall–Kier alpha value is -2.59. The molecular formula is C27H35N3O. The number of nitrogens with zero attached hydrogens (tertiary/aromatic N) is 3. The van der Waals surface area contributed by atoms with E-state index in [0.717, 1.165) is 38.4 Å². The quantitative estimate of drug-likeness (QED) is 0.508. The Morgan fingerprint density at radius 3 is 2.32 bits per heavy atom. The van der Waals surface area contributed by atoms with Crippen molar-refractivity contribution in [3.8, 4) is 5.69 Å². The molecule has 1 aliphatic rings. The highest BCUT2D eigenvalue weighted by Gasteiger charge is 2.15. The van der Waals surface area contributed by atoms with E-state index in [1.54, 1.807) is 0 Å². The van der Waals surface area contributed by atoms with Gasteiger partial charge < -0.3 is 9.64 Å². The van der Waals surface area contributed by atoms with Gasteiger partial charge in [0.2, 0.25) is 0 Å². The molecule has 0 unspecified atom stereocenters. The van der Waals surface area contributed by atoms with Crippen molar-refractivity contribution in [2.45, 2.75) is 52.9 Å². The SMILES string of the molecule is Cc1cc(C)n(-c2cc(C[C@H](C)c3cccc(N4CCOCC4)c3)cc(C(C)C)c2)n1. The van der Waals surface area contributed by atoms with Gasteiger partial charge in [-0.3, -0.25) is 0 Å². The summed E-state index contributed by atoms with van der Waals surface area (Å²) in [5, 5.41) is 4.72. The molecule has 0 spiro atoms. The highest BCUT2D eigenvalue weighted by atomic mass is 16.5. The number of morpholine rings is 1. The first-order valence-corrected chi connectivity index (χ1v) is 11.5. The molecule has 2 heterocycles. The van der Waals surface area contributed by atoms with Crippen molar-refractivity contribution >= 4 is 5.69 Å². The van der Waals surface area contributed by atoms with Gasteiger partial charge >= 0.3 is 0 Å². The third-order valence-corrected chi connectivity index (χ3v) is 6.28. The largest absolute Gasteiger partial charge is 0.378 e. The van der Waals surface area contributed by atoms with Gasteiger partial charge in [-0.05, 0) is 79.1 Å². The second-order valence-electron chi connectivity index (χ2n) is 9.23. The lowest BCUT2D eigenvalue weighted by Gasteiger charge is -2.29. The number of anilines is 1. The minimum Gasteiger partial charge on any atom is -0.378 e. The van der Waals surface area contributed by atoms with Crippen molar-refractivity contribution in [1.29, 1.82) is 0 Å². The van der Waals surface area contributed by atoms with Crippen LogP contribution in [-0.4, -0.2) is 36.1 Å². The van der Waals surface area contributed by atoms with Crippen molar-refractivity contribution in [3.63, 3.8) is 0 Å². The number of benzene rings is 2. The summed E-state index contributed by atoms with van der Waals surface area (Å²) in [5.74, 6) is 0.923. The summed E-state index contributed by atoms with van der Waals surface area (Å²) in [6.07, 6.45) is 1.01. The van der Waals surface area contributed by atoms with E-state index in [2.05, 4.69) is 92.7 Å². The van der Waals surface area contributed by atoms with Gasteiger partial charge in [-0.2, -0.15) is 5.10 Å². The molecule has 0 N–H and O–H groups in total. The van der Waals surface area contributed by atoms with Crippen LogP contribution in [-0.2, 0) is 11.2 Å². The Bertz CT molecular complexity index is 1030. The van der Waals surface area contributed by atoms with Crippen LogP contribution < -0.4 is 4.90 Å². The lowest BCUT2D eigenvalue weighted by Crippen LogP contribution is -2.36. The summed E-state index contributed by atoms with van der Waals surface area (Å²) in [6, 6.07) is 18.2. The summed E-state index contributed by atoms with van der Waals surface area (Å²) in [7, 11) is 0. The van der Waals surface area contributed by atoms with Crippen molar-refractivity contribution < 1.29 is 4.74 Å². The molecule has 1 aromatic heterocycles. The number of ether oxygens (including phenoxy) is 1. The first-order chi connectivity index (χ1) is 14.9. The minimum absolute atomic E-state index is 0.441. The molecule has 4 nitrogen and oxygen atoms in total. The van der Waals surface area contributed by atoms with Crippen LogP contribution in [0.5, 0.6) is 0 Å². The molecule has 164 valence electrons. The predicted octanol–water partition coefficient (Wildman–Crippen LogP) is 5.80. The van der Waals surface area contributed by atoms with Crippen LogP contribution in [0, 0.1) is 13.8 Å². The van der Waals surface area contributed by atoms with E-state index in [1.165, 1.54) is 33.8 Å². The van der Waals surface area contributed by atoms with Gasteiger partial charge in [0, 0.05) is 24.5 Å². The van der Waals surface area contributed by atoms with Crippen LogP contribution in [0.25, 0.3) is 5.69 Å². The molecule has 0 radical (unpaired) electrons. The number of hydrogen-bond donors (Lipinski definition) is 0. The summed E-state index contributed by atoms with van der Waals surface area (Å²) in [6.45, 7) is 14.6. The molecule has 2 aromatic carbocycles. The van der Waals surface area contributed by atoms with Gasteiger partial charge in [-0.25, -0.2) is 4.68 Å². The smallest absolute Gasteiger partial charge is 0.0654 e. The Balaban J connectivity index is 1.60. The molecule has 0 bridgehead atoms. The van der Waals surface area contributed by atoms with E-state index >= 15 is 0 Å². The molecule has 1 fully saturated rings.